The van der Waals surface area contributed by atoms with E-state index in [1.165, 1.54) is 12.8 Å². The Balaban J connectivity index is 2.37. The largest absolute Gasteiger partial charge is 0.481 e. The van der Waals surface area contributed by atoms with E-state index in [2.05, 4.69) is 5.32 Å². The number of nitrogens with one attached hydrogen (secondary N) is 1. The Labute approximate surface area is 108 Å². The monoisotopic (exact) mass is 257 g/mol. The van der Waals surface area contributed by atoms with Crippen LogP contribution >= 0.6 is 0 Å². The van der Waals surface area contributed by atoms with Crippen molar-refractivity contribution in [2.45, 2.75) is 51.5 Å². The predicted octanol–water partition coefficient (Wildman–Crippen LogP) is 1.56. The van der Waals surface area contributed by atoms with Gasteiger partial charge >= 0.3 is 5.97 Å². The summed E-state index contributed by atoms with van der Waals surface area (Å²) < 4.78 is 5.30. The molecule has 18 heavy (non-hydrogen) atoms. The average molecular weight is 257 g/mol. The second kappa shape index (κ2) is 6.73. The molecule has 2 N–H and O–H groups in total. The molecule has 0 aromatic carbocycles. The zero-order chi connectivity index (χ0) is 13.6. The van der Waals surface area contributed by atoms with E-state index in [0.717, 1.165) is 0 Å². The molecule has 0 aromatic rings. The molecule has 1 rings (SSSR count). The first kappa shape index (κ1) is 15.0. The van der Waals surface area contributed by atoms with Gasteiger partial charge in [-0.2, -0.15) is 0 Å². The number of carbonyl (C=O) groups excluding carboxylic acids is 1. The molecule has 0 saturated heterocycles. The first-order valence-corrected chi connectivity index (χ1v) is 6.62. The molecule has 1 amide bonds. The summed E-state index contributed by atoms with van der Waals surface area (Å²) in [7, 11) is 0. The van der Waals surface area contributed by atoms with Gasteiger partial charge in [-0.05, 0) is 31.6 Å². The van der Waals surface area contributed by atoms with E-state index in [1.807, 2.05) is 13.8 Å². The molecule has 0 aliphatic heterocycles. The van der Waals surface area contributed by atoms with Crippen molar-refractivity contribution in [3.05, 3.63) is 0 Å². The van der Waals surface area contributed by atoms with E-state index in [1.54, 1.807) is 0 Å². The Hall–Kier alpha value is -1.10. The summed E-state index contributed by atoms with van der Waals surface area (Å²) in [5.74, 6) is -0.488. The van der Waals surface area contributed by atoms with Gasteiger partial charge in [-0.3, -0.25) is 9.59 Å². The lowest BCUT2D eigenvalue weighted by Crippen LogP contribution is -2.50. The third-order valence-electron chi connectivity index (χ3n) is 3.53. The van der Waals surface area contributed by atoms with Crippen LogP contribution in [-0.2, 0) is 14.3 Å². The Morgan fingerprint density at radius 3 is 2.39 bits per heavy atom. The molecule has 0 radical (unpaired) electrons. The molecule has 104 valence electrons. The summed E-state index contributed by atoms with van der Waals surface area (Å²) in [6.07, 6.45) is 3.53. The minimum Gasteiger partial charge on any atom is -0.481 e. The first-order valence-electron chi connectivity index (χ1n) is 6.62. The zero-order valence-corrected chi connectivity index (χ0v) is 11.2. The summed E-state index contributed by atoms with van der Waals surface area (Å²) in [6.45, 7) is 4.44. The van der Waals surface area contributed by atoms with Gasteiger partial charge in [0, 0.05) is 0 Å². The fourth-order valence-electron chi connectivity index (χ4n) is 1.95. The van der Waals surface area contributed by atoms with E-state index in [0.29, 0.717) is 25.4 Å². The molecule has 1 aliphatic carbocycles. The molecule has 0 unspecified atom stereocenters. The van der Waals surface area contributed by atoms with E-state index >= 15 is 0 Å². The normalized spacial score (nSPS) is 15.4. The molecular formula is C13H23NO4. The highest BCUT2D eigenvalue weighted by atomic mass is 16.5. The second-order valence-corrected chi connectivity index (χ2v) is 5.06. The predicted molar refractivity (Wildman–Crippen MR) is 67.3 cm³/mol. The van der Waals surface area contributed by atoms with Crippen LogP contribution in [0.2, 0.25) is 0 Å². The van der Waals surface area contributed by atoms with Crippen molar-refractivity contribution >= 4 is 11.9 Å². The number of carboxylic acids is 1. The van der Waals surface area contributed by atoms with E-state index < -0.39 is 11.5 Å². The van der Waals surface area contributed by atoms with Crippen LogP contribution in [0.5, 0.6) is 0 Å². The number of hydrogen-bond donors (Lipinski definition) is 2. The maximum Gasteiger partial charge on any atom is 0.305 e. The molecule has 1 fully saturated rings. The lowest BCUT2D eigenvalue weighted by atomic mass is 9.89. The lowest BCUT2D eigenvalue weighted by Gasteiger charge is -2.31. The molecule has 0 atom stereocenters. The van der Waals surface area contributed by atoms with Gasteiger partial charge in [0.05, 0.1) is 18.6 Å². The van der Waals surface area contributed by atoms with Crippen molar-refractivity contribution < 1.29 is 19.4 Å². The van der Waals surface area contributed by atoms with Crippen molar-refractivity contribution in [2.75, 3.05) is 13.2 Å². The molecule has 1 saturated carbocycles. The fourth-order valence-corrected chi connectivity index (χ4v) is 1.95. The molecule has 5 nitrogen and oxygen atoms in total. The molecule has 0 heterocycles. The summed E-state index contributed by atoms with van der Waals surface area (Å²) in [4.78, 5) is 22.6. The van der Waals surface area contributed by atoms with Gasteiger partial charge < -0.3 is 15.2 Å². The number of aliphatic carboxylic acids is 1. The third-order valence-corrected chi connectivity index (χ3v) is 3.53. The molecule has 0 bridgehead atoms. The number of hydrogen-bond acceptors (Lipinski definition) is 3. The summed E-state index contributed by atoms with van der Waals surface area (Å²) in [5, 5.41) is 11.7. The minimum atomic E-state index is -0.891. The Morgan fingerprint density at radius 1 is 1.33 bits per heavy atom. The van der Waals surface area contributed by atoms with Crippen molar-refractivity contribution in [1.82, 2.24) is 5.32 Å². The second-order valence-electron chi connectivity index (χ2n) is 5.06. The highest BCUT2D eigenvalue weighted by Crippen LogP contribution is 2.28. The zero-order valence-electron chi connectivity index (χ0n) is 11.2. The number of ether oxygens (including phenoxy) is 1. The van der Waals surface area contributed by atoms with Gasteiger partial charge in [0.15, 0.2) is 0 Å². The van der Waals surface area contributed by atoms with Crippen LogP contribution in [0.4, 0.5) is 0 Å². The van der Waals surface area contributed by atoms with Crippen LogP contribution in [0.3, 0.4) is 0 Å². The maximum atomic E-state index is 11.7. The van der Waals surface area contributed by atoms with E-state index in [9.17, 15) is 9.59 Å². The van der Waals surface area contributed by atoms with Crippen LogP contribution in [0, 0.1) is 5.92 Å². The van der Waals surface area contributed by atoms with Gasteiger partial charge in [0.25, 0.3) is 0 Å². The van der Waals surface area contributed by atoms with Crippen LogP contribution in [-0.4, -0.2) is 35.7 Å². The minimum absolute atomic E-state index is 0.0257. The quantitative estimate of drug-likeness (QED) is 0.657. The van der Waals surface area contributed by atoms with E-state index in [-0.39, 0.29) is 18.9 Å². The topological polar surface area (TPSA) is 75.6 Å². The molecule has 5 heteroatoms. The highest BCUT2D eigenvalue weighted by Gasteiger charge is 2.31. The van der Waals surface area contributed by atoms with Gasteiger partial charge in [-0.15, -0.1) is 0 Å². The summed E-state index contributed by atoms with van der Waals surface area (Å²) >= 11 is 0. The average Bonchev–Trinajstić information content (AvgIpc) is 3.11. The first-order chi connectivity index (χ1) is 8.51. The van der Waals surface area contributed by atoms with Gasteiger partial charge in [-0.25, -0.2) is 0 Å². The van der Waals surface area contributed by atoms with E-state index in [4.69, 9.17) is 9.84 Å². The highest BCUT2D eigenvalue weighted by molar-refractivity contribution is 5.79. The van der Waals surface area contributed by atoms with Crippen molar-refractivity contribution in [2.24, 2.45) is 5.92 Å². The Morgan fingerprint density at radius 2 is 1.94 bits per heavy atom. The fraction of sp³-hybridized carbons (Fsp3) is 0.846. The van der Waals surface area contributed by atoms with Crippen LogP contribution in [0.25, 0.3) is 0 Å². The van der Waals surface area contributed by atoms with Crippen molar-refractivity contribution in [3.63, 3.8) is 0 Å². The number of carbonyl (C=O) groups is 2. The van der Waals surface area contributed by atoms with Gasteiger partial charge in [0.1, 0.15) is 6.61 Å². The smallest absolute Gasteiger partial charge is 0.305 e. The molecule has 1 aliphatic rings. The summed E-state index contributed by atoms with van der Waals surface area (Å²) in [6, 6.07) is 0. The lowest BCUT2D eigenvalue weighted by molar-refractivity contribution is -0.139. The molecule has 0 aromatic heterocycles. The number of amides is 1. The van der Waals surface area contributed by atoms with Gasteiger partial charge in [-0.1, -0.05) is 13.8 Å². The Bertz CT molecular complexity index is 295. The SMILES string of the molecule is CCC(CC)(CC(=O)O)NC(=O)COCC1CC1. The molecule has 0 spiro atoms. The van der Waals surface area contributed by atoms with Crippen LogP contribution in [0.1, 0.15) is 46.0 Å². The van der Waals surface area contributed by atoms with Crippen LogP contribution < -0.4 is 5.32 Å². The maximum absolute atomic E-state index is 11.7. The molecular weight excluding hydrogens is 234 g/mol. The number of rotatable bonds is 9. The third kappa shape index (κ3) is 5.04. The number of carboxylic acid groups (broad SMARTS) is 1. The van der Waals surface area contributed by atoms with Crippen molar-refractivity contribution in [1.29, 1.82) is 0 Å². The standard InChI is InChI=1S/C13H23NO4/c1-3-13(4-2,7-12(16)17)14-11(15)9-18-8-10-5-6-10/h10H,3-9H2,1-2H3,(H,14,15)(H,16,17). The van der Waals surface area contributed by atoms with Crippen molar-refractivity contribution in [3.8, 4) is 0 Å². The van der Waals surface area contributed by atoms with Gasteiger partial charge in [0.2, 0.25) is 5.91 Å². The summed E-state index contributed by atoms with van der Waals surface area (Å²) in [5.41, 5.74) is -0.647. The van der Waals surface area contributed by atoms with Crippen LogP contribution in [0.15, 0.2) is 0 Å². The Kier molecular flexibility index (Phi) is 5.59.